The van der Waals surface area contributed by atoms with E-state index in [1.54, 1.807) is 13.2 Å². The molecular formula is C21H21FN4O3S. The molecule has 3 rings (SSSR count). The molecule has 30 heavy (non-hydrogen) atoms. The van der Waals surface area contributed by atoms with Crippen molar-refractivity contribution in [2.45, 2.75) is 25.8 Å². The monoisotopic (exact) mass is 428 g/mol. The number of amides is 2. The van der Waals surface area contributed by atoms with E-state index in [2.05, 4.69) is 20.8 Å². The van der Waals surface area contributed by atoms with E-state index in [4.69, 9.17) is 4.74 Å². The highest BCUT2D eigenvalue weighted by Crippen LogP contribution is 2.16. The normalized spacial score (nSPS) is 10.5. The van der Waals surface area contributed by atoms with Gasteiger partial charge in [0.05, 0.1) is 7.11 Å². The van der Waals surface area contributed by atoms with Gasteiger partial charge in [-0.05, 0) is 42.3 Å². The van der Waals surface area contributed by atoms with Gasteiger partial charge in [-0.2, -0.15) is 0 Å². The summed E-state index contributed by atoms with van der Waals surface area (Å²) in [5.74, 6) is -0.164. The Hall–Kier alpha value is -3.33. The Balaban J connectivity index is 1.40. The van der Waals surface area contributed by atoms with Crippen LogP contribution in [0.15, 0.2) is 48.5 Å². The Kier molecular flexibility index (Phi) is 7.45. The fourth-order valence-corrected chi connectivity index (χ4v) is 3.41. The average Bonchev–Trinajstić information content (AvgIpc) is 3.22. The van der Waals surface area contributed by atoms with Gasteiger partial charge in [-0.15, -0.1) is 10.2 Å². The third kappa shape index (κ3) is 6.35. The Morgan fingerprint density at radius 3 is 2.67 bits per heavy atom. The number of hydrogen-bond donors (Lipinski definition) is 2. The molecule has 9 heteroatoms. The van der Waals surface area contributed by atoms with Crippen LogP contribution in [0, 0.1) is 5.82 Å². The summed E-state index contributed by atoms with van der Waals surface area (Å²) < 4.78 is 18.3. The molecule has 0 saturated carbocycles. The molecule has 0 fully saturated rings. The molecule has 0 aliphatic carbocycles. The van der Waals surface area contributed by atoms with Gasteiger partial charge in [0.1, 0.15) is 16.6 Å². The summed E-state index contributed by atoms with van der Waals surface area (Å²) in [5, 5.41) is 14.2. The number of carbonyl (C=O) groups excluding carboxylic acids is 2. The van der Waals surface area contributed by atoms with Crippen LogP contribution in [0.5, 0.6) is 5.75 Å². The standard InChI is InChI=1S/C21H21FN4O3S/c1-29-17-10-8-14(9-11-17)13-23-18(27)6-3-7-19-25-26-21(30-19)20(28)24-16-5-2-4-15(22)12-16/h2,4-5,8-12H,3,6-7,13H2,1H3,(H,23,27)(H,24,28). The zero-order chi connectivity index (χ0) is 21.3. The number of ether oxygens (including phenoxy) is 1. The van der Waals surface area contributed by atoms with Gasteiger partial charge in [-0.3, -0.25) is 9.59 Å². The van der Waals surface area contributed by atoms with Gasteiger partial charge in [0.25, 0.3) is 5.91 Å². The Labute approximate surface area is 177 Å². The van der Waals surface area contributed by atoms with E-state index in [9.17, 15) is 14.0 Å². The lowest BCUT2D eigenvalue weighted by atomic mass is 10.2. The maximum absolute atomic E-state index is 13.2. The van der Waals surface area contributed by atoms with Crippen molar-refractivity contribution in [2.75, 3.05) is 12.4 Å². The first-order chi connectivity index (χ1) is 14.5. The maximum atomic E-state index is 13.2. The van der Waals surface area contributed by atoms with Crippen molar-refractivity contribution in [2.24, 2.45) is 0 Å². The van der Waals surface area contributed by atoms with Crippen LogP contribution >= 0.6 is 11.3 Å². The molecule has 0 atom stereocenters. The second kappa shape index (κ2) is 10.4. The summed E-state index contributed by atoms with van der Waals surface area (Å²) in [6, 6.07) is 13.1. The number of aryl methyl sites for hydroxylation is 1. The highest BCUT2D eigenvalue weighted by Gasteiger charge is 2.13. The number of rotatable bonds is 9. The van der Waals surface area contributed by atoms with Gasteiger partial charge in [-0.1, -0.05) is 29.5 Å². The highest BCUT2D eigenvalue weighted by atomic mass is 32.1. The summed E-state index contributed by atoms with van der Waals surface area (Å²) in [7, 11) is 1.61. The molecule has 1 heterocycles. The molecule has 0 radical (unpaired) electrons. The van der Waals surface area contributed by atoms with Crippen molar-refractivity contribution < 1.29 is 18.7 Å². The van der Waals surface area contributed by atoms with Gasteiger partial charge in [0.15, 0.2) is 0 Å². The van der Waals surface area contributed by atoms with Crippen molar-refractivity contribution in [3.05, 3.63) is 69.9 Å². The van der Waals surface area contributed by atoms with E-state index >= 15 is 0 Å². The van der Waals surface area contributed by atoms with E-state index in [0.717, 1.165) is 22.6 Å². The first kappa shape index (κ1) is 21.4. The minimum atomic E-state index is -0.443. The second-order valence-corrected chi connectivity index (χ2v) is 7.51. The zero-order valence-electron chi connectivity index (χ0n) is 16.4. The lowest BCUT2D eigenvalue weighted by Crippen LogP contribution is -2.22. The Morgan fingerprint density at radius 1 is 1.13 bits per heavy atom. The number of nitrogens with zero attached hydrogens (tertiary/aromatic N) is 2. The van der Waals surface area contributed by atoms with Crippen LogP contribution in [0.4, 0.5) is 10.1 Å². The van der Waals surface area contributed by atoms with E-state index in [-0.39, 0.29) is 10.9 Å². The molecule has 0 aliphatic heterocycles. The predicted molar refractivity (Wildman–Crippen MR) is 112 cm³/mol. The van der Waals surface area contributed by atoms with Gasteiger partial charge in [-0.25, -0.2) is 4.39 Å². The number of benzene rings is 2. The summed E-state index contributed by atoms with van der Waals surface area (Å²) in [6.07, 6.45) is 1.48. The quantitative estimate of drug-likeness (QED) is 0.543. The number of methoxy groups -OCH3 is 1. The average molecular weight is 428 g/mol. The fourth-order valence-electron chi connectivity index (χ4n) is 2.63. The van der Waals surface area contributed by atoms with Crippen molar-refractivity contribution in [3.63, 3.8) is 0 Å². The minimum absolute atomic E-state index is 0.0561. The highest BCUT2D eigenvalue weighted by molar-refractivity contribution is 7.13. The molecule has 0 saturated heterocycles. The number of anilines is 1. The molecule has 2 amide bonds. The van der Waals surface area contributed by atoms with Crippen molar-refractivity contribution in [3.8, 4) is 5.75 Å². The van der Waals surface area contributed by atoms with E-state index < -0.39 is 11.7 Å². The summed E-state index contributed by atoms with van der Waals surface area (Å²) in [5.41, 5.74) is 1.34. The van der Waals surface area contributed by atoms with Gasteiger partial charge in [0, 0.05) is 25.1 Å². The molecule has 2 aromatic carbocycles. The first-order valence-electron chi connectivity index (χ1n) is 9.32. The van der Waals surface area contributed by atoms with Crippen LogP contribution in [0.3, 0.4) is 0 Å². The number of hydrogen-bond acceptors (Lipinski definition) is 6. The van der Waals surface area contributed by atoms with Crippen LogP contribution in [0.25, 0.3) is 0 Å². The van der Waals surface area contributed by atoms with Crippen molar-refractivity contribution >= 4 is 28.8 Å². The van der Waals surface area contributed by atoms with E-state index in [0.29, 0.717) is 36.5 Å². The molecule has 1 aromatic heterocycles. The second-order valence-electron chi connectivity index (χ2n) is 6.44. The summed E-state index contributed by atoms with van der Waals surface area (Å²) in [4.78, 5) is 24.2. The molecule has 3 aromatic rings. The third-order valence-electron chi connectivity index (χ3n) is 4.19. The third-order valence-corrected chi connectivity index (χ3v) is 5.17. The van der Waals surface area contributed by atoms with Gasteiger partial charge < -0.3 is 15.4 Å². The van der Waals surface area contributed by atoms with Crippen molar-refractivity contribution in [1.82, 2.24) is 15.5 Å². The molecule has 0 unspecified atom stereocenters. The molecule has 0 aliphatic rings. The summed E-state index contributed by atoms with van der Waals surface area (Å²) >= 11 is 1.16. The topological polar surface area (TPSA) is 93.2 Å². The molecule has 2 N–H and O–H groups in total. The van der Waals surface area contributed by atoms with Crippen LogP contribution < -0.4 is 15.4 Å². The largest absolute Gasteiger partial charge is 0.497 e. The summed E-state index contributed by atoms with van der Waals surface area (Å²) in [6.45, 7) is 0.450. The maximum Gasteiger partial charge on any atom is 0.286 e. The number of aromatic nitrogens is 2. The number of carbonyl (C=O) groups is 2. The van der Waals surface area contributed by atoms with Crippen LogP contribution in [-0.4, -0.2) is 29.1 Å². The molecule has 156 valence electrons. The van der Waals surface area contributed by atoms with E-state index in [1.807, 2.05) is 24.3 Å². The first-order valence-corrected chi connectivity index (χ1v) is 10.1. The number of halogens is 1. The molecular weight excluding hydrogens is 407 g/mol. The lowest BCUT2D eigenvalue weighted by Gasteiger charge is -2.06. The van der Waals surface area contributed by atoms with Crippen LogP contribution in [0.1, 0.15) is 33.2 Å². The fraction of sp³-hybridized carbons (Fsp3) is 0.238. The van der Waals surface area contributed by atoms with Crippen LogP contribution in [0.2, 0.25) is 0 Å². The van der Waals surface area contributed by atoms with Crippen molar-refractivity contribution in [1.29, 1.82) is 0 Å². The molecule has 0 bridgehead atoms. The van der Waals surface area contributed by atoms with E-state index in [1.165, 1.54) is 18.2 Å². The molecule has 7 nitrogen and oxygen atoms in total. The molecule has 0 spiro atoms. The van der Waals surface area contributed by atoms with Gasteiger partial charge >= 0.3 is 0 Å². The Morgan fingerprint density at radius 2 is 1.93 bits per heavy atom. The lowest BCUT2D eigenvalue weighted by molar-refractivity contribution is -0.121. The SMILES string of the molecule is COc1ccc(CNC(=O)CCCc2nnc(C(=O)Nc3cccc(F)c3)s2)cc1. The minimum Gasteiger partial charge on any atom is -0.497 e. The Bertz CT molecular complexity index is 1010. The van der Waals surface area contributed by atoms with Crippen LogP contribution in [-0.2, 0) is 17.8 Å². The predicted octanol–water partition coefficient (Wildman–Crippen LogP) is 3.58. The smallest absolute Gasteiger partial charge is 0.286 e. The number of nitrogens with one attached hydrogen (secondary N) is 2. The van der Waals surface area contributed by atoms with Gasteiger partial charge in [0.2, 0.25) is 10.9 Å². The zero-order valence-corrected chi connectivity index (χ0v) is 17.2.